The van der Waals surface area contributed by atoms with Gasteiger partial charge in [0.2, 0.25) is 5.91 Å². The summed E-state index contributed by atoms with van der Waals surface area (Å²) in [5, 5.41) is 3.39. The average molecular weight is 383 g/mol. The number of carbonyl (C=O) groups is 1. The van der Waals surface area contributed by atoms with E-state index in [-0.39, 0.29) is 18.0 Å². The molecule has 1 aromatic heterocycles. The van der Waals surface area contributed by atoms with Crippen LogP contribution < -0.4 is 15.8 Å². The molecule has 2 aromatic carbocycles. The number of halogens is 1. The molecule has 0 saturated heterocycles. The van der Waals surface area contributed by atoms with Crippen LogP contribution in [0, 0.1) is 0 Å². The van der Waals surface area contributed by atoms with Crippen molar-refractivity contribution in [2.24, 2.45) is 0 Å². The van der Waals surface area contributed by atoms with Gasteiger partial charge in [0.25, 0.3) is 5.56 Å². The topological polar surface area (TPSA) is 67.2 Å². The number of carbonyl (C=O) groups excluding carboxylic acids is 1. The highest BCUT2D eigenvalue weighted by Crippen LogP contribution is 2.18. The molecule has 1 heterocycles. The summed E-state index contributed by atoms with van der Waals surface area (Å²) in [6.45, 7) is -0.109. The number of aromatic nitrogens is 2. The van der Waals surface area contributed by atoms with Crippen molar-refractivity contribution in [3.63, 3.8) is 0 Å². The SMILES string of the molecule is CN(C)c1ccc(NC(=O)Cn2cnc(-c3ccc(Cl)cc3)cc2=O)cc1. The lowest BCUT2D eigenvalue weighted by Gasteiger charge is -2.13. The van der Waals surface area contributed by atoms with Crippen molar-refractivity contribution in [1.29, 1.82) is 0 Å². The summed E-state index contributed by atoms with van der Waals surface area (Å²) in [5.41, 5.74) is 2.73. The fraction of sp³-hybridized carbons (Fsp3) is 0.150. The maximum absolute atomic E-state index is 12.3. The molecule has 0 saturated carbocycles. The first-order valence-electron chi connectivity index (χ1n) is 8.32. The Bertz CT molecular complexity index is 996. The molecule has 0 aliphatic heterocycles. The monoisotopic (exact) mass is 382 g/mol. The number of nitrogens with zero attached hydrogens (tertiary/aromatic N) is 3. The molecule has 0 aliphatic carbocycles. The molecule has 0 spiro atoms. The van der Waals surface area contributed by atoms with Crippen LogP contribution in [0.2, 0.25) is 5.02 Å². The largest absolute Gasteiger partial charge is 0.378 e. The van der Waals surface area contributed by atoms with E-state index in [2.05, 4.69) is 10.3 Å². The molecule has 0 aliphatic rings. The normalized spacial score (nSPS) is 10.5. The fourth-order valence-corrected chi connectivity index (χ4v) is 2.65. The summed E-state index contributed by atoms with van der Waals surface area (Å²) < 4.78 is 1.27. The summed E-state index contributed by atoms with van der Waals surface area (Å²) >= 11 is 5.87. The smallest absolute Gasteiger partial charge is 0.254 e. The number of rotatable bonds is 5. The third kappa shape index (κ3) is 4.74. The zero-order valence-electron chi connectivity index (χ0n) is 15.0. The van der Waals surface area contributed by atoms with E-state index in [0.717, 1.165) is 11.3 Å². The zero-order chi connectivity index (χ0) is 19.4. The fourth-order valence-electron chi connectivity index (χ4n) is 2.52. The van der Waals surface area contributed by atoms with Crippen LogP contribution in [0.15, 0.2) is 65.7 Å². The molecule has 27 heavy (non-hydrogen) atoms. The minimum Gasteiger partial charge on any atom is -0.378 e. The number of benzene rings is 2. The van der Waals surface area contributed by atoms with Crippen LogP contribution in [-0.2, 0) is 11.3 Å². The Labute approximate surface area is 162 Å². The lowest BCUT2D eigenvalue weighted by Crippen LogP contribution is -2.27. The van der Waals surface area contributed by atoms with Gasteiger partial charge in [-0.2, -0.15) is 0 Å². The Kier molecular flexibility index (Phi) is 5.57. The van der Waals surface area contributed by atoms with E-state index in [1.165, 1.54) is 17.0 Å². The minimum absolute atomic E-state index is 0.109. The van der Waals surface area contributed by atoms with E-state index in [1.807, 2.05) is 43.3 Å². The molecule has 7 heteroatoms. The van der Waals surface area contributed by atoms with Gasteiger partial charge in [0.05, 0.1) is 12.0 Å². The van der Waals surface area contributed by atoms with Gasteiger partial charge in [0, 0.05) is 42.1 Å². The van der Waals surface area contributed by atoms with Crippen LogP contribution in [0.5, 0.6) is 0 Å². The van der Waals surface area contributed by atoms with Crippen molar-refractivity contribution in [3.8, 4) is 11.3 Å². The van der Waals surface area contributed by atoms with E-state index in [0.29, 0.717) is 16.4 Å². The van der Waals surface area contributed by atoms with Crippen molar-refractivity contribution in [3.05, 3.63) is 76.3 Å². The first kappa shape index (κ1) is 18.7. The standard InChI is InChI=1S/C20H19ClN4O2/c1-24(2)17-9-7-16(8-10-17)23-19(26)12-25-13-22-18(11-20(25)27)14-3-5-15(21)6-4-14/h3-11,13H,12H2,1-2H3,(H,23,26). The van der Waals surface area contributed by atoms with Crippen molar-refractivity contribution in [2.45, 2.75) is 6.54 Å². The number of amides is 1. The molecular formula is C20H19ClN4O2. The number of hydrogen-bond donors (Lipinski definition) is 1. The summed E-state index contributed by atoms with van der Waals surface area (Å²) in [6, 6.07) is 15.9. The maximum atomic E-state index is 12.3. The van der Waals surface area contributed by atoms with E-state index >= 15 is 0 Å². The Hall–Kier alpha value is -3.12. The van der Waals surface area contributed by atoms with Crippen molar-refractivity contribution < 1.29 is 4.79 Å². The molecule has 138 valence electrons. The molecular weight excluding hydrogens is 364 g/mol. The molecule has 6 nitrogen and oxygen atoms in total. The molecule has 1 amide bonds. The zero-order valence-corrected chi connectivity index (χ0v) is 15.8. The predicted octanol–water partition coefficient (Wildman–Crippen LogP) is 3.27. The summed E-state index contributed by atoms with van der Waals surface area (Å²) in [7, 11) is 3.89. The van der Waals surface area contributed by atoms with Crippen LogP contribution in [-0.4, -0.2) is 29.6 Å². The van der Waals surface area contributed by atoms with Gasteiger partial charge in [0.15, 0.2) is 0 Å². The van der Waals surface area contributed by atoms with E-state index in [9.17, 15) is 9.59 Å². The highest BCUT2D eigenvalue weighted by molar-refractivity contribution is 6.30. The van der Waals surface area contributed by atoms with Crippen LogP contribution in [0.4, 0.5) is 11.4 Å². The predicted molar refractivity (Wildman–Crippen MR) is 108 cm³/mol. The lowest BCUT2D eigenvalue weighted by atomic mass is 10.1. The molecule has 0 radical (unpaired) electrons. The maximum Gasteiger partial charge on any atom is 0.254 e. The second-order valence-electron chi connectivity index (χ2n) is 6.24. The van der Waals surface area contributed by atoms with Gasteiger partial charge in [0.1, 0.15) is 6.54 Å². The van der Waals surface area contributed by atoms with Gasteiger partial charge in [-0.15, -0.1) is 0 Å². The number of nitrogens with one attached hydrogen (secondary N) is 1. The average Bonchev–Trinajstić information content (AvgIpc) is 2.64. The van der Waals surface area contributed by atoms with Crippen molar-refractivity contribution in [1.82, 2.24) is 9.55 Å². The van der Waals surface area contributed by atoms with Gasteiger partial charge < -0.3 is 10.2 Å². The summed E-state index contributed by atoms with van der Waals surface area (Å²) in [4.78, 5) is 30.8. The van der Waals surface area contributed by atoms with Gasteiger partial charge >= 0.3 is 0 Å². The van der Waals surface area contributed by atoms with Crippen LogP contribution in [0.1, 0.15) is 0 Å². The van der Waals surface area contributed by atoms with Crippen LogP contribution >= 0.6 is 11.6 Å². The number of anilines is 2. The first-order chi connectivity index (χ1) is 12.9. The van der Waals surface area contributed by atoms with Gasteiger partial charge in [-0.25, -0.2) is 4.98 Å². The Morgan fingerprint density at radius 3 is 2.37 bits per heavy atom. The van der Waals surface area contributed by atoms with E-state index in [1.54, 1.807) is 24.3 Å². The summed E-state index contributed by atoms with van der Waals surface area (Å²) in [6.07, 6.45) is 1.38. The Balaban J connectivity index is 1.69. The lowest BCUT2D eigenvalue weighted by molar-refractivity contribution is -0.116. The molecule has 0 atom stereocenters. The van der Waals surface area contributed by atoms with Gasteiger partial charge in [-0.1, -0.05) is 23.7 Å². The third-order valence-electron chi connectivity index (χ3n) is 4.00. The number of hydrogen-bond acceptors (Lipinski definition) is 4. The van der Waals surface area contributed by atoms with E-state index < -0.39 is 0 Å². The Morgan fingerprint density at radius 1 is 1.11 bits per heavy atom. The molecule has 1 N–H and O–H groups in total. The van der Waals surface area contributed by atoms with Crippen molar-refractivity contribution >= 4 is 28.9 Å². The van der Waals surface area contributed by atoms with Gasteiger partial charge in [-0.3, -0.25) is 14.2 Å². The molecule has 0 bridgehead atoms. The first-order valence-corrected chi connectivity index (χ1v) is 8.70. The van der Waals surface area contributed by atoms with E-state index in [4.69, 9.17) is 11.6 Å². The highest BCUT2D eigenvalue weighted by atomic mass is 35.5. The Morgan fingerprint density at radius 2 is 1.78 bits per heavy atom. The second kappa shape index (κ2) is 8.05. The molecule has 0 fully saturated rings. The van der Waals surface area contributed by atoms with Crippen molar-refractivity contribution in [2.75, 3.05) is 24.3 Å². The highest BCUT2D eigenvalue weighted by Gasteiger charge is 2.08. The minimum atomic E-state index is -0.298. The quantitative estimate of drug-likeness (QED) is 0.735. The molecule has 0 unspecified atom stereocenters. The van der Waals surface area contributed by atoms with Crippen LogP contribution in [0.25, 0.3) is 11.3 Å². The molecule has 3 aromatic rings. The van der Waals surface area contributed by atoms with Gasteiger partial charge in [-0.05, 0) is 36.4 Å². The molecule has 3 rings (SSSR count). The summed E-state index contributed by atoms with van der Waals surface area (Å²) in [5.74, 6) is -0.296. The second-order valence-corrected chi connectivity index (χ2v) is 6.67. The van der Waals surface area contributed by atoms with Crippen LogP contribution in [0.3, 0.4) is 0 Å². The third-order valence-corrected chi connectivity index (χ3v) is 4.25.